The van der Waals surface area contributed by atoms with E-state index in [2.05, 4.69) is 5.32 Å². The molecule has 1 fully saturated rings. The summed E-state index contributed by atoms with van der Waals surface area (Å²) in [6.45, 7) is -0.228. The maximum absolute atomic E-state index is 12.5. The molecule has 1 aliphatic rings. The number of thiophene rings is 1. The summed E-state index contributed by atoms with van der Waals surface area (Å²) in [5.74, 6) is -0.627. The summed E-state index contributed by atoms with van der Waals surface area (Å²) < 4.78 is 5.27. The minimum Gasteiger partial charge on any atom is -0.455 e. The number of esters is 1. The van der Waals surface area contributed by atoms with Crippen molar-refractivity contribution in [2.24, 2.45) is 0 Å². The lowest BCUT2D eigenvalue weighted by Gasteiger charge is -2.22. The molecule has 0 bridgehead atoms. The molecule has 2 aromatic heterocycles. The quantitative estimate of drug-likeness (QED) is 0.521. The predicted molar refractivity (Wildman–Crippen MR) is 121 cm³/mol. The van der Waals surface area contributed by atoms with Gasteiger partial charge in [-0.25, -0.2) is 4.98 Å². The van der Waals surface area contributed by atoms with E-state index in [1.54, 1.807) is 11.3 Å². The van der Waals surface area contributed by atoms with Gasteiger partial charge in [-0.2, -0.15) is 0 Å². The number of nitrogens with zero attached hydrogens (tertiary/aromatic N) is 1. The third-order valence-electron chi connectivity index (χ3n) is 5.11. The fourth-order valence-corrected chi connectivity index (χ4v) is 5.50. The molecule has 3 aromatic rings. The van der Waals surface area contributed by atoms with Crippen LogP contribution in [0.2, 0.25) is 0 Å². The lowest BCUT2D eigenvalue weighted by Crippen LogP contribution is -2.38. The van der Waals surface area contributed by atoms with Gasteiger partial charge in [0.2, 0.25) is 0 Å². The number of aromatic nitrogens is 1. The molecule has 5 nitrogen and oxygen atoms in total. The maximum Gasteiger partial charge on any atom is 0.311 e. The van der Waals surface area contributed by atoms with Crippen LogP contribution < -0.4 is 5.32 Å². The molecule has 1 aliphatic carbocycles. The Morgan fingerprint density at radius 1 is 1.07 bits per heavy atom. The predicted octanol–water partition coefficient (Wildman–Crippen LogP) is 5.07. The molecule has 4 rings (SSSR count). The number of carbonyl (C=O) groups is 2. The van der Waals surface area contributed by atoms with Crippen LogP contribution in [0.25, 0.3) is 21.1 Å². The number of thiazole rings is 1. The van der Waals surface area contributed by atoms with E-state index in [0.717, 1.165) is 51.7 Å². The van der Waals surface area contributed by atoms with Crippen molar-refractivity contribution in [1.82, 2.24) is 10.3 Å². The average Bonchev–Trinajstić information content (AvgIpc) is 3.44. The molecule has 30 heavy (non-hydrogen) atoms. The molecule has 0 spiro atoms. The number of hydrogen-bond acceptors (Lipinski definition) is 6. The number of nitrogens with one attached hydrogen (secondary N) is 1. The van der Waals surface area contributed by atoms with E-state index in [-0.39, 0.29) is 25.0 Å². The number of benzene rings is 1. The summed E-state index contributed by atoms with van der Waals surface area (Å²) in [6.07, 6.45) is 5.64. The Labute approximate surface area is 184 Å². The van der Waals surface area contributed by atoms with Gasteiger partial charge in [-0.3, -0.25) is 9.59 Å². The molecule has 0 unspecified atom stereocenters. The molecule has 1 amide bonds. The Morgan fingerprint density at radius 3 is 2.60 bits per heavy atom. The van der Waals surface area contributed by atoms with Gasteiger partial charge in [0, 0.05) is 16.5 Å². The third kappa shape index (κ3) is 5.34. The Morgan fingerprint density at radius 2 is 1.87 bits per heavy atom. The van der Waals surface area contributed by atoms with Crippen LogP contribution in [0.4, 0.5) is 0 Å². The van der Waals surface area contributed by atoms with Crippen LogP contribution in [0.3, 0.4) is 0 Å². The summed E-state index contributed by atoms with van der Waals surface area (Å²) in [5.41, 5.74) is 1.84. The number of ether oxygens (including phenoxy) is 1. The van der Waals surface area contributed by atoms with Gasteiger partial charge in [0.1, 0.15) is 5.01 Å². The number of amides is 1. The van der Waals surface area contributed by atoms with E-state index in [0.29, 0.717) is 0 Å². The first-order chi connectivity index (χ1) is 14.7. The van der Waals surface area contributed by atoms with Gasteiger partial charge in [0.25, 0.3) is 5.91 Å². The van der Waals surface area contributed by atoms with E-state index >= 15 is 0 Å². The Kier molecular flexibility index (Phi) is 6.92. The number of hydrogen-bond donors (Lipinski definition) is 1. The fraction of sp³-hybridized carbons (Fsp3) is 0.348. The monoisotopic (exact) mass is 440 g/mol. The molecule has 1 N–H and O–H groups in total. The Bertz CT molecular complexity index is 977. The zero-order valence-corrected chi connectivity index (χ0v) is 18.3. The van der Waals surface area contributed by atoms with Crippen molar-refractivity contribution in [3.8, 4) is 21.1 Å². The van der Waals surface area contributed by atoms with Gasteiger partial charge >= 0.3 is 5.97 Å². The van der Waals surface area contributed by atoms with Crippen molar-refractivity contribution >= 4 is 34.6 Å². The van der Waals surface area contributed by atoms with Crippen molar-refractivity contribution in [3.63, 3.8) is 0 Å². The van der Waals surface area contributed by atoms with Crippen molar-refractivity contribution in [2.75, 3.05) is 6.61 Å². The smallest absolute Gasteiger partial charge is 0.311 e. The highest BCUT2D eigenvalue weighted by Gasteiger charge is 2.20. The van der Waals surface area contributed by atoms with E-state index in [9.17, 15) is 9.59 Å². The highest BCUT2D eigenvalue weighted by molar-refractivity contribution is 7.17. The van der Waals surface area contributed by atoms with Gasteiger partial charge in [-0.1, -0.05) is 55.7 Å². The second-order valence-corrected chi connectivity index (χ2v) is 9.41. The van der Waals surface area contributed by atoms with E-state index < -0.39 is 5.97 Å². The zero-order valence-electron chi connectivity index (χ0n) is 16.6. The normalized spacial score (nSPS) is 14.4. The molecule has 2 heterocycles. The minimum absolute atomic E-state index is 0.106. The van der Waals surface area contributed by atoms with E-state index in [1.165, 1.54) is 17.8 Å². The van der Waals surface area contributed by atoms with Crippen molar-refractivity contribution < 1.29 is 14.3 Å². The van der Waals surface area contributed by atoms with Crippen LogP contribution in [0.15, 0.2) is 47.8 Å². The third-order valence-corrected chi connectivity index (χ3v) is 7.09. The molecule has 1 saturated carbocycles. The lowest BCUT2D eigenvalue weighted by atomic mass is 9.95. The van der Waals surface area contributed by atoms with Gasteiger partial charge < -0.3 is 10.1 Å². The van der Waals surface area contributed by atoms with Crippen LogP contribution in [0, 0.1) is 0 Å². The number of carbonyl (C=O) groups excluding carboxylic acids is 2. The molecule has 7 heteroatoms. The summed E-state index contributed by atoms with van der Waals surface area (Å²) in [4.78, 5) is 31.2. The minimum atomic E-state index is -0.408. The van der Waals surface area contributed by atoms with Crippen LogP contribution in [-0.4, -0.2) is 29.5 Å². The molecule has 156 valence electrons. The second kappa shape index (κ2) is 10.00. The molecule has 1 aromatic carbocycles. The van der Waals surface area contributed by atoms with E-state index in [1.807, 2.05) is 47.8 Å². The molecule has 0 radical (unpaired) electrons. The standard InChI is InChI=1S/C23H24N2O3S2/c26-20(24-17-10-5-2-6-11-17)15-28-21(27)14-19-22(18-12-7-13-29-18)25-23(30-19)16-8-3-1-4-9-16/h1,3-4,7-9,12-13,17H,2,5-6,10-11,14-15H2,(H,24,26). The average molecular weight is 441 g/mol. The lowest BCUT2D eigenvalue weighted by molar-refractivity contribution is -0.148. The SMILES string of the molecule is O=C(COC(=O)Cc1sc(-c2ccccc2)nc1-c1cccs1)NC1CCCCC1. The molecule has 0 atom stereocenters. The Balaban J connectivity index is 1.41. The van der Waals surface area contributed by atoms with Gasteiger partial charge in [0.15, 0.2) is 6.61 Å². The highest BCUT2D eigenvalue weighted by atomic mass is 32.1. The van der Waals surface area contributed by atoms with Crippen molar-refractivity contribution in [1.29, 1.82) is 0 Å². The van der Waals surface area contributed by atoms with Gasteiger partial charge in [-0.15, -0.1) is 22.7 Å². The van der Waals surface area contributed by atoms with Crippen LogP contribution >= 0.6 is 22.7 Å². The first-order valence-corrected chi connectivity index (χ1v) is 11.9. The summed E-state index contributed by atoms with van der Waals surface area (Å²) in [6, 6.07) is 14.1. The van der Waals surface area contributed by atoms with Crippen molar-refractivity contribution in [2.45, 2.75) is 44.6 Å². The highest BCUT2D eigenvalue weighted by Crippen LogP contribution is 2.36. The van der Waals surface area contributed by atoms with E-state index in [4.69, 9.17) is 9.72 Å². The van der Waals surface area contributed by atoms with Gasteiger partial charge in [0.05, 0.1) is 17.0 Å². The second-order valence-electron chi connectivity index (χ2n) is 7.37. The summed E-state index contributed by atoms with van der Waals surface area (Å²) in [5, 5.41) is 5.84. The van der Waals surface area contributed by atoms with Crippen LogP contribution in [-0.2, 0) is 20.7 Å². The molecular weight excluding hydrogens is 416 g/mol. The molecule has 0 aliphatic heterocycles. The zero-order chi connectivity index (χ0) is 20.8. The van der Waals surface area contributed by atoms with Crippen molar-refractivity contribution in [3.05, 3.63) is 52.7 Å². The van der Waals surface area contributed by atoms with Gasteiger partial charge in [-0.05, 0) is 24.3 Å². The largest absolute Gasteiger partial charge is 0.455 e. The maximum atomic E-state index is 12.5. The fourth-order valence-electron chi connectivity index (χ4n) is 3.63. The number of rotatable bonds is 7. The summed E-state index contributed by atoms with van der Waals surface area (Å²) in [7, 11) is 0. The topological polar surface area (TPSA) is 68.3 Å². The summed E-state index contributed by atoms with van der Waals surface area (Å²) >= 11 is 3.09. The Hall–Kier alpha value is -2.51. The van der Waals surface area contributed by atoms with Crippen LogP contribution in [0.1, 0.15) is 37.0 Å². The molecular formula is C23H24N2O3S2. The molecule has 0 saturated heterocycles. The first-order valence-electron chi connectivity index (χ1n) is 10.2. The first kappa shape index (κ1) is 20.8. The van der Waals surface area contributed by atoms with Crippen LogP contribution in [0.5, 0.6) is 0 Å².